The molecule has 8 rings (SSSR count). The zero-order chi connectivity index (χ0) is 33.9. The number of carbonyl (C=O) groups excluding carboxylic acids is 1. The SMILES string of the molecule is CC(=O)OC(C)(C)[C@H]1OC23O[C@@H]1C[C@@H](C)[C@@H]2[C@@]1(C)CC[C@@]24C[C@@]25CC[C@H](O[C@H]2OC[C@H](O)[C@@H](O)[C@@H]2O)C(C)(C)[C@@H]5CC=C4[C@]1(C)[C@H]3O. The number of aliphatic hydroxyl groups excluding tert-OH is 4. The minimum atomic E-state index is -1.31. The maximum Gasteiger partial charge on any atom is 0.303 e. The van der Waals surface area contributed by atoms with Crippen LogP contribution in [0.3, 0.4) is 0 Å². The highest BCUT2D eigenvalue weighted by Crippen LogP contribution is 2.89. The van der Waals surface area contributed by atoms with Crippen LogP contribution in [0, 0.1) is 44.8 Å². The number of carbonyl (C=O) groups is 1. The molecule has 4 N–H and O–H groups in total. The molecule has 264 valence electrons. The first-order chi connectivity index (χ1) is 21.8. The normalized spacial score (nSPS) is 57.1. The number of fused-ring (bicyclic) bond motifs is 4. The lowest BCUT2D eigenvalue weighted by atomic mass is 9.44. The number of aliphatic hydroxyl groups is 4. The van der Waals surface area contributed by atoms with E-state index < -0.39 is 53.6 Å². The van der Waals surface area contributed by atoms with Crippen molar-refractivity contribution < 1.29 is 48.9 Å². The third-order valence-electron chi connectivity index (χ3n) is 15.6. The minimum absolute atomic E-state index is 0.00363. The summed E-state index contributed by atoms with van der Waals surface area (Å²) in [6, 6.07) is 0. The van der Waals surface area contributed by atoms with E-state index in [0.717, 1.165) is 44.9 Å². The van der Waals surface area contributed by atoms with Gasteiger partial charge in [0.15, 0.2) is 12.1 Å². The summed E-state index contributed by atoms with van der Waals surface area (Å²) in [6.45, 7) is 16.6. The van der Waals surface area contributed by atoms with Crippen LogP contribution >= 0.6 is 0 Å². The highest BCUT2D eigenvalue weighted by Gasteiger charge is 2.86. The molecule has 3 heterocycles. The first-order valence-corrected chi connectivity index (χ1v) is 18.1. The fraction of sp³-hybridized carbons (Fsp3) is 0.919. The highest BCUT2D eigenvalue weighted by molar-refractivity contribution is 5.66. The minimum Gasteiger partial charge on any atom is -0.457 e. The number of esters is 1. The first kappa shape index (κ1) is 33.1. The Balaban J connectivity index is 1.12. The van der Waals surface area contributed by atoms with Crippen molar-refractivity contribution in [2.45, 2.75) is 161 Å². The molecule has 0 aromatic rings. The average Bonchev–Trinajstić information content (AvgIpc) is 3.49. The molecule has 3 aliphatic heterocycles. The van der Waals surface area contributed by atoms with E-state index in [1.807, 2.05) is 13.8 Å². The Kier molecular flexibility index (Phi) is 6.90. The smallest absolute Gasteiger partial charge is 0.303 e. The van der Waals surface area contributed by atoms with E-state index in [9.17, 15) is 25.2 Å². The monoisotopic (exact) mass is 660 g/mol. The van der Waals surface area contributed by atoms with Crippen molar-refractivity contribution in [3.05, 3.63) is 11.6 Å². The summed E-state index contributed by atoms with van der Waals surface area (Å²) < 4.78 is 31.8. The van der Waals surface area contributed by atoms with Gasteiger partial charge < -0.3 is 44.1 Å². The van der Waals surface area contributed by atoms with E-state index in [4.69, 9.17) is 23.7 Å². The van der Waals surface area contributed by atoms with Gasteiger partial charge in [0, 0.05) is 18.3 Å². The topological polar surface area (TPSA) is 144 Å². The molecule has 10 heteroatoms. The zero-order valence-electron chi connectivity index (χ0n) is 29.3. The lowest BCUT2D eigenvalue weighted by Gasteiger charge is -2.60. The molecule has 8 aliphatic rings. The van der Waals surface area contributed by atoms with E-state index >= 15 is 0 Å². The molecule has 5 aliphatic carbocycles. The van der Waals surface area contributed by atoms with Crippen molar-refractivity contribution in [2.24, 2.45) is 44.8 Å². The number of ether oxygens (including phenoxy) is 5. The van der Waals surface area contributed by atoms with Crippen molar-refractivity contribution in [1.82, 2.24) is 0 Å². The molecule has 16 atom stereocenters. The summed E-state index contributed by atoms with van der Waals surface area (Å²) in [6.07, 6.45) is 2.55. The van der Waals surface area contributed by atoms with Gasteiger partial charge in [0.1, 0.15) is 36.1 Å². The number of hydrogen-bond donors (Lipinski definition) is 4. The van der Waals surface area contributed by atoms with Crippen LogP contribution in [0.5, 0.6) is 0 Å². The summed E-state index contributed by atoms with van der Waals surface area (Å²) in [7, 11) is 0. The van der Waals surface area contributed by atoms with Crippen molar-refractivity contribution >= 4 is 5.97 Å². The molecule has 10 nitrogen and oxygen atoms in total. The van der Waals surface area contributed by atoms with Gasteiger partial charge in [-0.05, 0) is 92.3 Å². The van der Waals surface area contributed by atoms with E-state index in [1.54, 1.807) is 0 Å². The van der Waals surface area contributed by atoms with Crippen LogP contribution in [0.4, 0.5) is 0 Å². The Bertz CT molecular complexity index is 1380. The molecule has 3 spiro atoms. The van der Waals surface area contributed by atoms with E-state index in [-0.39, 0.29) is 58.3 Å². The van der Waals surface area contributed by atoms with Gasteiger partial charge in [-0.1, -0.05) is 46.3 Å². The molecular formula is C37H56O10. The molecule has 0 amide bonds. The summed E-state index contributed by atoms with van der Waals surface area (Å²) in [5, 5.41) is 43.6. The van der Waals surface area contributed by atoms with Crippen LogP contribution in [-0.4, -0.2) is 93.4 Å². The third kappa shape index (κ3) is 3.83. The van der Waals surface area contributed by atoms with Crippen molar-refractivity contribution in [3.63, 3.8) is 0 Å². The second-order valence-electron chi connectivity index (χ2n) is 18.4. The Morgan fingerprint density at radius 1 is 1.02 bits per heavy atom. The van der Waals surface area contributed by atoms with Gasteiger partial charge >= 0.3 is 5.97 Å². The van der Waals surface area contributed by atoms with Gasteiger partial charge in [0.05, 0.1) is 18.8 Å². The molecule has 0 aromatic heterocycles. The van der Waals surface area contributed by atoms with Crippen molar-refractivity contribution in [1.29, 1.82) is 0 Å². The van der Waals surface area contributed by atoms with Crippen LogP contribution in [0.15, 0.2) is 11.6 Å². The summed E-state index contributed by atoms with van der Waals surface area (Å²) in [5.41, 5.74) is -0.442. The van der Waals surface area contributed by atoms with Crippen LogP contribution in [0.1, 0.15) is 100 Å². The maximum atomic E-state index is 12.8. The number of rotatable bonds is 4. The Morgan fingerprint density at radius 3 is 2.45 bits per heavy atom. The van der Waals surface area contributed by atoms with E-state index in [2.05, 4.69) is 40.7 Å². The molecule has 7 fully saturated rings. The molecule has 47 heavy (non-hydrogen) atoms. The number of hydrogen-bond acceptors (Lipinski definition) is 10. The second-order valence-corrected chi connectivity index (χ2v) is 18.4. The Hall–Kier alpha value is -1.11. The predicted molar refractivity (Wildman–Crippen MR) is 168 cm³/mol. The lowest BCUT2D eigenvalue weighted by Crippen LogP contribution is -2.58. The predicted octanol–water partition coefficient (Wildman–Crippen LogP) is 3.61. The quantitative estimate of drug-likeness (QED) is 0.261. The number of allylic oxidation sites excluding steroid dienone is 1. The van der Waals surface area contributed by atoms with Gasteiger partial charge in [-0.15, -0.1) is 0 Å². The molecule has 3 saturated heterocycles. The van der Waals surface area contributed by atoms with Gasteiger partial charge in [-0.2, -0.15) is 0 Å². The third-order valence-corrected chi connectivity index (χ3v) is 15.6. The molecule has 4 saturated carbocycles. The maximum absolute atomic E-state index is 12.8. The van der Waals surface area contributed by atoms with Crippen LogP contribution in [0.2, 0.25) is 0 Å². The van der Waals surface area contributed by atoms with E-state index in [0.29, 0.717) is 5.92 Å². The Morgan fingerprint density at radius 2 is 1.74 bits per heavy atom. The highest BCUT2D eigenvalue weighted by atomic mass is 16.8. The molecule has 1 unspecified atom stereocenters. The van der Waals surface area contributed by atoms with Gasteiger partial charge in [0.2, 0.25) is 0 Å². The zero-order valence-corrected chi connectivity index (χ0v) is 29.3. The first-order valence-electron chi connectivity index (χ1n) is 18.1. The molecular weight excluding hydrogens is 604 g/mol. The Labute approximate surface area is 278 Å². The fourth-order valence-electron chi connectivity index (χ4n) is 13.5. The molecule has 0 radical (unpaired) electrons. The summed E-state index contributed by atoms with van der Waals surface area (Å²) >= 11 is 0. The van der Waals surface area contributed by atoms with Gasteiger partial charge in [0.25, 0.3) is 0 Å². The average molecular weight is 661 g/mol. The largest absolute Gasteiger partial charge is 0.457 e. The summed E-state index contributed by atoms with van der Waals surface area (Å²) in [4.78, 5) is 12.1. The van der Waals surface area contributed by atoms with Crippen LogP contribution in [-0.2, 0) is 28.5 Å². The van der Waals surface area contributed by atoms with E-state index in [1.165, 1.54) is 12.5 Å². The lowest BCUT2D eigenvalue weighted by molar-refractivity contribution is -0.300. The fourth-order valence-corrected chi connectivity index (χ4v) is 13.5. The summed E-state index contributed by atoms with van der Waals surface area (Å²) in [5.74, 6) is -0.922. The van der Waals surface area contributed by atoms with Crippen molar-refractivity contribution in [3.8, 4) is 0 Å². The standard InChI is InChI=1S/C37H56O10/c1-18-15-21-28(32(5,6)45-19(2)38)47-37(46-21)27(18)33(7)13-14-36-17-35(36)12-11-24(44-29-26(41)25(40)20(39)16-43-29)31(3,4)22(35)9-10-23(36)34(33,8)30(37)42/h10,18,20-22,24-30,39-42H,9,11-17H2,1-8H3/t18-,20+,21-,22+,24+,25-,26+,27-,28+,29-,30-,33-,34-,35-,36+,37?/m1/s1. The van der Waals surface area contributed by atoms with Crippen molar-refractivity contribution in [2.75, 3.05) is 6.61 Å². The van der Waals surface area contributed by atoms with Crippen LogP contribution in [0.25, 0.3) is 0 Å². The second kappa shape index (κ2) is 9.81. The van der Waals surface area contributed by atoms with Gasteiger partial charge in [-0.25, -0.2) is 0 Å². The molecule has 0 aromatic carbocycles. The van der Waals surface area contributed by atoms with Crippen LogP contribution < -0.4 is 0 Å². The van der Waals surface area contributed by atoms with Gasteiger partial charge in [-0.3, -0.25) is 4.79 Å². The molecule has 2 bridgehead atoms.